The molecule has 0 unspecified atom stereocenters. The molecule has 8 heteroatoms. The lowest BCUT2D eigenvalue weighted by Gasteiger charge is -2.19. The van der Waals surface area contributed by atoms with Crippen LogP contribution in [-0.2, 0) is 4.79 Å². The van der Waals surface area contributed by atoms with Gasteiger partial charge in [0, 0.05) is 19.2 Å². The minimum Gasteiger partial charge on any atom is -0.343 e. The summed E-state index contributed by atoms with van der Waals surface area (Å²) in [6.07, 6.45) is 0. The largest absolute Gasteiger partial charge is 0.343 e. The summed E-state index contributed by atoms with van der Waals surface area (Å²) >= 11 is 1.05. The van der Waals surface area contributed by atoms with Crippen LogP contribution in [-0.4, -0.2) is 39.2 Å². The summed E-state index contributed by atoms with van der Waals surface area (Å²) in [5.74, 6) is -1.68. The van der Waals surface area contributed by atoms with E-state index in [0.717, 1.165) is 22.4 Å². The van der Waals surface area contributed by atoms with Gasteiger partial charge in [-0.2, -0.15) is 0 Å². The first-order valence-electron chi connectivity index (χ1n) is 8.84. The molecule has 1 aromatic heterocycles. The van der Waals surface area contributed by atoms with Crippen LogP contribution in [0.4, 0.5) is 8.78 Å². The van der Waals surface area contributed by atoms with Gasteiger partial charge in [0.25, 0.3) is 5.56 Å². The van der Waals surface area contributed by atoms with Crippen molar-refractivity contribution < 1.29 is 13.6 Å². The van der Waals surface area contributed by atoms with E-state index in [9.17, 15) is 18.4 Å². The highest BCUT2D eigenvalue weighted by Gasteiger charge is 2.18. The van der Waals surface area contributed by atoms with Crippen LogP contribution < -0.4 is 5.56 Å². The van der Waals surface area contributed by atoms with Crippen molar-refractivity contribution in [2.75, 3.05) is 18.8 Å². The van der Waals surface area contributed by atoms with E-state index in [-0.39, 0.29) is 22.5 Å². The number of benzene rings is 2. The van der Waals surface area contributed by atoms with Gasteiger partial charge in [-0.05, 0) is 38.1 Å². The van der Waals surface area contributed by atoms with E-state index in [4.69, 9.17) is 0 Å². The summed E-state index contributed by atoms with van der Waals surface area (Å²) < 4.78 is 28.9. The van der Waals surface area contributed by atoms with Crippen molar-refractivity contribution in [3.63, 3.8) is 0 Å². The fraction of sp³-hybridized carbons (Fsp3) is 0.250. The van der Waals surface area contributed by atoms with E-state index in [2.05, 4.69) is 4.98 Å². The molecule has 0 saturated heterocycles. The topological polar surface area (TPSA) is 55.2 Å². The van der Waals surface area contributed by atoms with E-state index in [1.165, 1.54) is 6.07 Å². The highest BCUT2D eigenvalue weighted by Crippen LogP contribution is 2.23. The van der Waals surface area contributed by atoms with Crippen molar-refractivity contribution in [1.82, 2.24) is 14.5 Å². The Kier molecular flexibility index (Phi) is 6.08. The first kappa shape index (κ1) is 20.0. The van der Waals surface area contributed by atoms with Crippen molar-refractivity contribution in [3.8, 4) is 5.69 Å². The predicted octanol–water partition coefficient (Wildman–Crippen LogP) is 3.62. The number of aromatic nitrogens is 2. The molecule has 0 aliphatic heterocycles. The Balaban J connectivity index is 2.12. The zero-order valence-electron chi connectivity index (χ0n) is 15.5. The molecule has 0 radical (unpaired) electrons. The summed E-state index contributed by atoms with van der Waals surface area (Å²) in [5.41, 5.74) is -0.139. The molecule has 0 bridgehead atoms. The standard InChI is InChI=1S/C20H19F2N3O2S/c1-3-24(4-2)18(26)12-28-20-23-16-8-6-5-7-14(16)19(27)25(20)17-10-9-13(21)11-15(17)22/h5-11H,3-4,12H2,1-2H3. The van der Waals surface area contributed by atoms with Crippen molar-refractivity contribution in [2.45, 2.75) is 19.0 Å². The maximum atomic E-state index is 14.4. The lowest BCUT2D eigenvalue weighted by atomic mass is 10.2. The van der Waals surface area contributed by atoms with E-state index in [0.29, 0.717) is 30.1 Å². The number of halogens is 2. The summed E-state index contributed by atoms with van der Waals surface area (Å²) in [4.78, 5) is 31.5. The zero-order chi connectivity index (χ0) is 20.3. The Bertz CT molecular complexity index is 1080. The van der Waals surface area contributed by atoms with Crippen LogP contribution in [0.5, 0.6) is 0 Å². The first-order valence-corrected chi connectivity index (χ1v) is 9.82. The minimum atomic E-state index is -0.879. The Morgan fingerprint density at radius 3 is 2.54 bits per heavy atom. The second-order valence-electron chi connectivity index (χ2n) is 6.00. The molecule has 0 spiro atoms. The first-order chi connectivity index (χ1) is 13.5. The van der Waals surface area contributed by atoms with Gasteiger partial charge in [-0.1, -0.05) is 23.9 Å². The SMILES string of the molecule is CCN(CC)C(=O)CSc1nc2ccccc2c(=O)n1-c1ccc(F)cc1F. The maximum Gasteiger partial charge on any atom is 0.266 e. The summed E-state index contributed by atoms with van der Waals surface area (Å²) in [5, 5.41) is 0.486. The van der Waals surface area contributed by atoms with Gasteiger partial charge in [0.05, 0.1) is 22.3 Å². The molecular weight excluding hydrogens is 384 g/mol. The second kappa shape index (κ2) is 8.52. The average molecular weight is 403 g/mol. The fourth-order valence-corrected chi connectivity index (χ4v) is 3.79. The molecule has 0 aliphatic carbocycles. The third-order valence-electron chi connectivity index (χ3n) is 4.34. The number of hydrogen-bond acceptors (Lipinski definition) is 4. The molecule has 146 valence electrons. The van der Waals surface area contributed by atoms with Gasteiger partial charge < -0.3 is 4.90 Å². The van der Waals surface area contributed by atoms with Gasteiger partial charge in [-0.3, -0.25) is 14.2 Å². The van der Waals surface area contributed by atoms with E-state index >= 15 is 0 Å². The molecule has 28 heavy (non-hydrogen) atoms. The molecule has 5 nitrogen and oxygen atoms in total. The third kappa shape index (κ3) is 3.91. The van der Waals surface area contributed by atoms with Gasteiger partial charge in [0.15, 0.2) is 5.16 Å². The highest BCUT2D eigenvalue weighted by molar-refractivity contribution is 7.99. The molecule has 1 heterocycles. The van der Waals surface area contributed by atoms with Crippen LogP contribution >= 0.6 is 11.8 Å². The molecule has 0 atom stereocenters. The predicted molar refractivity (Wildman–Crippen MR) is 106 cm³/mol. The Morgan fingerprint density at radius 2 is 1.86 bits per heavy atom. The Hall–Kier alpha value is -2.74. The van der Waals surface area contributed by atoms with Gasteiger partial charge in [-0.15, -0.1) is 0 Å². The normalized spacial score (nSPS) is 11.0. The molecular formula is C20H19F2N3O2S. The van der Waals surface area contributed by atoms with Gasteiger partial charge in [-0.25, -0.2) is 13.8 Å². The van der Waals surface area contributed by atoms with Crippen molar-refractivity contribution >= 4 is 28.6 Å². The molecule has 2 aromatic carbocycles. The smallest absolute Gasteiger partial charge is 0.266 e. The molecule has 3 rings (SSSR count). The summed E-state index contributed by atoms with van der Waals surface area (Å²) in [6, 6.07) is 9.69. The molecule has 0 fully saturated rings. The van der Waals surface area contributed by atoms with Crippen LogP contribution in [0.15, 0.2) is 52.4 Å². The number of carbonyl (C=O) groups excluding carboxylic acids is 1. The molecule has 0 saturated carbocycles. The number of hydrogen-bond donors (Lipinski definition) is 0. The number of para-hydroxylation sites is 1. The van der Waals surface area contributed by atoms with Crippen LogP contribution in [0.1, 0.15) is 13.8 Å². The Morgan fingerprint density at radius 1 is 1.14 bits per heavy atom. The quantitative estimate of drug-likeness (QED) is 0.466. The molecule has 0 aliphatic rings. The number of rotatable bonds is 6. The number of fused-ring (bicyclic) bond motifs is 1. The van der Waals surface area contributed by atoms with E-state index in [1.807, 2.05) is 13.8 Å². The molecule has 3 aromatic rings. The molecule has 1 amide bonds. The monoisotopic (exact) mass is 403 g/mol. The highest BCUT2D eigenvalue weighted by atomic mass is 32.2. The van der Waals surface area contributed by atoms with Crippen LogP contribution in [0.25, 0.3) is 16.6 Å². The minimum absolute atomic E-state index is 0.0509. The third-order valence-corrected chi connectivity index (χ3v) is 5.26. The average Bonchev–Trinajstić information content (AvgIpc) is 2.68. The van der Waals surface area contributed by atoms with E-state index < -0.39 is 17.2 Å². The number of carbonyl (C=O) groups is 1. The van der Waals surface area contributed by atoms with Crippen molar-refractivity contribution in [3.05, 3.63) is 64.5 Å². The maximum absolute atomic E-state index is 14.4. The Labute approximate surface area is 165 Å². The number of amides is 1. The van der Waals surface area contributed by atoms with Gasteiger partial charge >= 0.3 is 0 Å². The number of thioether (sulfide) groups is 1. The lowest BCUT2D eigenvalue weighted by Crippen LogP contribution is -2.32. The second-order valence-corrected chi connectivity index (χ2v) is 6.95. The van der Waals surface area contributed by atoms with Crippen LogP contribution in [0.3, 0.4) is 0 Å². The van der Waals surface area contributed by atoms with Crippen LogP contribution in [0.2, 0.25) is 0 Å². The van der Waals surface area contributed by atoms with E-state index in [1.54, 1.807) is 29.2 Å². The van der Waals surface area contributed by atoms with Crippen molar-refractivity contribution in [2.24, 2.45) is 0 Å². The van der Waals surface area contributed by atoms with Gasteiger partial charge in [0.1, 0.15) is 11.6 Å². The molecule has 0 N–H and O–H groups in total. The summed E-state index contributed by atoms with van der Waals surface area (Å²) in [6.45, 7) is 4.90. The lowest BCUT2D eigenvalue weighted by molar-refractivity contribution is -0.127. The van der Waals surface area contributed by atoms with Crippen molar-refractivity contribution in [1.29, 1.82) is 0 Å². The number of nitrogens with zero attached hydrogens (tertiary/aromatic N) is 3. The van der Waals surface area contributed by atoms with Crippen LogP contribution in [0, 0.1) is 11.6 Å². The van der Waals surface area contributed by atoms with Gasteiger partial charge in [0.2, 0.25) is 5.91 Å². The zero-order valence-corrected chi connectivity index (χ0v) is 16.3. The summed E-state index contributed by atoms with van der Waals surface area (Å²) in [7, 11) is 0. The fourth-order valence-electron chi connectivity index (χ4n) is 2.88.